The normalized spacial score (nSPS) is 16.0. The lowest BCUT2D eigenvalue weighted by Gasteiger charge is -2.15. The molecule has 1 fully saturated rings. The van der Waals surface area contributed by atoms with Crippen LogP contribution < -0.4 is 9.64 Å². The van der Waals surface area contributed by atoms with Gasteiger partial charge in [-0.2, -0.15) is 0 Å². The van der Waals surface area contributed by atoms with Gasteiger partial charge in [0.2, 0.25) is 0 Å². The van der Waals surface area contributed by atoms with Gasteiger partial charge in [0, 0.05) is 0 Å². The van der Waals surface area contributed by atoms with Crippen LogP contribution in [0.15, 0.2) is 94.8 Å². The van der Waals surface area contributed by atoms with Crippen LogP contribution in [0.25, 0.3) is 6.08 Å². The Bertz CT molecular complexity index is 1110. The number of unbranched alkanes of at least 4 members (excludes halogenated alkanes) is 3. The van der Waals surface area contributed by atoms with Gasteiger partial charge in [-0.05, 0) is 66.2 Å². The minimum absolute atomic E-state index is 0.0721. The van der Waals surface area contributed by atoms with E-state index >= 15 is 0 Å². The first-order valence-corrected chi connectivity index (χ1v) is 12.2. The second-order valence-corrected chi connectivity index (χ2v) is 8.80. The molecule has 0 radical (unpaired) electrons. The lowest BCUT2D eigenvalue weighted by molar-refractivity contribution is -0.113. The number of nitrogens with zero attached hydrogens (tertiary/aromatic N) is 2. The summed E-state index contributed by atoms with van der Waals surface area (Å²) in [6.45, 7) is 2.94. The van der Waals surface area contributed by atoms with E-state index in [0.29, 0.717) is 10.1 Å². The number of rotatable bonds is 9. The van der Waals surface area contributed by atoms with Gasteiger partial charge in [0.05, 0.1) is 22.9 Å². The number of carbonyl (C=O) groups is 1. The maximum absolute atomic E-state index is 13.3. The summed E-state index contributed by atoms with van der Waals surface area (Å²) in [5.41, 5.74) is 2.58. The molecule has 1 amide bonds. The number of anilines is 1. The Morgan fingerprint density at radius 3 is 2.27 bits per heavy atom. The minimum Gasteiger partial charge on any atom is -0.494 e. The van der Waals surface area contributed by atoms with Gasteiger partial charge in [0.15, 0.2) is 5.17 Å². The predicted octanol–water partition coefficient (Wildman–Crippen LogP) is 7.45. The zero-order valence-electron chi connectivity index (χ0n) is 18.8. The van der Waals surface area contributed by atoms with Crippen molar-refractivity contribution in [3.05, 3.63) is 95.4 Å². The molecule has 4 rings (SSSR count). The van der Waals surface area contributed by atoms with Crippen LogP contribution in [0.4, 0.5) is 11.4 Å². The van der Waals surface area contributed by atoms with Gasteiger partial charge in [0.25, 0.3) is 5.91 Å². The van der Waals surface area contributed by atoms with Gasteiger partial charge in [-0.15, -0.1) is 0 Å². The molecule has 0 unspecified atom stereocenters. The fraction of sp³-hybridized carbons (Fsp3) is 0.214. The molecule has 0 aliphatic carbocycles. The molecule has 168 valence electrons. The molecule has 4 nitrogen and oxygen atoms in total. The van der Waals surface area contributed by atoms with Gasteiger partial charge >= 0.3 is 0 Å². The van der Waals surface area contributed by atoms with E-state index in [4.69, 9.17) is 9.73 Å². The van der Waals surface area contributed by atoms with Crippen LogP contribution in [0.5, 0.6) is 5.75 Å². The van der Waals surface area contributed by atoms with Crippen molar-refractivity contribution in [3.63, 3.8) is 0 Å². The smallest absolute Gasteiger partial charge is 0.271 e. The highest BCUT2D eigenvalue weighted by Crippen LogP contribution is 2.37. The zero-order valence-corrected chi connectivity index (χ0v) is 19.6. The third-order valence-corrected chi connectivity index (χ3v) is 6.22. The minimum atomic E-state index is -0.0721. The molecule has 3 aromatic carbocycles. The van der Waals surface area contributed by atoms with Gasteiger partial charge in [-0.1, -0.05) is 74.7 Å². The zero-order chi connectivity index (χ0) is 22.9. The number of hydrogen-bond acceptors (Lipinski definition) is 4. The van der Waals surface area contributed by atoms with E-state index < -0.39 is 0 Å². The van der Waals surface area contributed by atoms with E-state index in [1.54, 1.807) is 4.90 Å². The fourth-order valence-electron chi connectivity index (χ4n) is 3.50. The summed E-state index contributed by atoms with van der Waals surface area (Å²) in [5.74, 6) is 0.786. The van der Waals surface area contributed by atoms with Gasteiger partial charge in [-0.25, -0.2) is 4.99 Å². The molecule has 0 N–H and O–H groups in total. The van der Waals surface area contributed by atoms with Crippen molar-refractivity contribution in [2.24, 2.45) is 4.99 Å². The van der Waals surface area contributed by atoms with Gasteiger partial charge in [0.1, 0.15) is 5.75 Å². The molecular weight excluding hydrogens is 428 g/mol. The van der Waals surface area contributed by atoms with E-state index in [0.717, 1.165) is 35.7 Å². The first-order chi connectivity index (χ1) is 16.2. The Hall–Kier alpha value is -3.31. The molecule has 0 saturated carbocycles. The summed E-state index contributed by atoms with van der Waals surface area (Å²) < 4.78 is 5.84. The molecule has 1 aliphatic heterocycles. The van der Waals surface area contributed by atoms with Crippen molar-refractivity contribution in [2.45, 2.75) is 32.6 Å². The first-order valence-electron chi connectivity index (χ1n) is 11.4. The molecule has 0 spiro atoms. The number of amidine groups is 1. The number of aliphatic imine (C=N–C) groups is 1. The molecule has 1 saturated heterocycles. The molecule has 1 heterocycles. The van der Waals surface area contributed by atoms with E-state index in [1.165, 1.54) is 31.0 Å². The van der Waals surface area contributed by atoms with Crippen LogP contribution in [0, 0.1) is 0 Å². The summed E-state index contributed by atoms with van der Waals surface area (Å²) in [4.78, 5) is 20.4. The van der Waals surface area contributed by atoms with E-state index in [9.17, 15) is 4.79 Å². The Kier molecular flexibility index (Phi) is 7.99. The highest BCUT2D eigenvalue weighted by atomic mass is 32.2. The summed E-state index contributed by atoms with van der Waals surface area (Å²) in [7, 11) is 0. The van der Waals surface area contributed by atoms with Gasteiger partial charge in [-0.3, -0.25) is 9.69 Å². The van der Waals surface area contributed by atoms with Crippen molar-refractivity contribution in [1.29, 1.82) is 0 Å². The SMILES string of the molecule is CCCCCCOc1ccc(/C=C2/SC(=Nc3ccccc3)N(c3ccccc3)C2=O)cc1. The van der Waals surface area contributed by atoms with Crippen molar-refractivity contribution >= 4 is 40.3 Å². The topological polar surface area (TPSA) is 41.9 Å². The summed E-state index contributed by atoms with van der Waals surface area (Å²) in [6, 6.07) is 27.3. The van der Waals surface area contributed by atoms with Gasteiger partial charge < -0.3 is 4.74 Å². The highest BCUT2D eigenvalue weighted by molar-refractivity contribution is 8.19. The molecule has 0 aromatic heterocycles. The molecule has 1 aliphatic rings. The Morgan fingerprint density at radius 1 is 0.879 bits per heavy atom. The van der Waals surface area contributed by atoms with Crippen LogP contribution in [0.2, 0.25) is 0 Å². The Labute approximate surface area is 200 Å². The number of carbonyl (C=O) groups excluding carboxylic acids is 1. The second kappa shape index (κ2) is 11.5. The Morgan fingerprint density at radius 2 is 1.58 bits per heavy atom. The van der Waals surface area contributed by atoms with Crippen LogP contribution in [0.3, 0.4) is 0 Å². The molecule has 5 heteroatoms. The summed E-state index contributed by atoms with van der Waals surface area (Å²) >= 11 is 1.39. The Balaban J connectivity index is 1.53. The standard InChI is InChI=1S/C28H28N2O2S/c1-2-3-4-11-20-32-25-18-16-22(17-19-25)21-26-27(31)30(24-14-9-6-10-15-24)28(33-26)29-23-12-7-5-8-13-23/h5-10,12-19,21H,2-4,11,20H2,1H3/b26-21+,29-28?. The molecule has 3 aromatic rings. The average Bonchev–Trinajstić information content (AvgIpc) is 3.15. The number of hydrogen-bond donors (Lipinski definition) is 0. The number of thioether (sulfide) groups is 1. The number of ether oxygens (including phenoxy) is 1. The number of amides is 1. The molecule has 0 bridgehead atoms. The maximum Gasteiger partial charge on any atom is 0.271 e. The highest BCUT2D eigenvalue weighted by Gasteiger charge is 2.34. The lowest BCUT2D eigenvalue weighted by atomic mass is 10.2. The lowest BCUT2D eigenvalue weighted by Crippen LogP contribution is -2.28. The van der Waals surface area contributed by atoms with Crippen LogP contribution >= 0.6 is 11.8 Å². The van der Waals surface area contributed by atoms with Crippen LogP contribution in [0.1, 0.15) is 38.2 Å². The van der Waals surface area contributed by atoms with Crippen molar-refractivity contribution in [2.75, 3.05) is 11.5 Å². The summed E-state index contributed by atoms with van der Waals surface area (Å²) in [6.07, 6.45) is 6.66. The largest absolute Gasteiger partial charge is 0.494 e. The average molecular weight is 457 g/mol. The first kappa shape index (κ1) is 22.9. The molecule has 0 atom stereocenters. The van der Waals surface area contributed by atoms with Crippen LogP contribution in [-0.2, 0) is 4.79 Å². The van der Waals surface area contributed by atoms with Crippen LogP contribution in [-0.4, -0.2) is 17.7 Å². The third-order valence-electron chi connectivity index (χ3n) is 5.25. The quantitative estimate of drug-likeness (QED) is 0.248. The maximum atomic E-state index is 13.3. The monoisotopic (exact) mass is 456 g/mol. The number of benzene rings is 3. The van der Waals surface area contributed by atoms with E-state index in [-0.39, 0.29) is 5.91 Å². The van der Waals surface area contributed by atoms with Crippen molar-refractivity contribution in [1.82, 2.24) is 0 Å². The predicted molar refractivity (Wildman–Crippen MR) is 139 cm³/mol. The second-order valence-electron chi connectivity index (χ2n) is 7.79. The fourth-order valence-corrected chi connectivity index (χ4v) is 4.50. The van der Waals surface area contributed by atoms with Crippen molar-refractivity contribution in [3.8, 4) is 5.75 Å². The van der Waals surface area contributed by atoms with Crippen molar-refractivity contribution < 1.29 is 9.53 Å². The third kappa shape index (κ3) is 6.14. The molecule has 33 heavy (non-hydrogen) atoms. The molecular formula is C28H28N2O2S. The number of para-hydroxylation sites is 2. The van der Waals surface area contributed by atoms with E-state index in [2.05, 4.69) is 6.92 Å². The van der Waals surface area contributed by atoms with E-state index in [1.807, 2.05) is 91.0 Å². The summed E-state index contributed by atoms with van der Waals surface area (Å²) in [5, 5.41) is 0.649.